The summed E-state index contributed by atoms with van der Waals surface area (Å²) in [5, 5.41) is 10.3. The standard InChI is InChI=1S/C16H19NO3S/c1-3-12-7-8-14(17-11-12)10-16(18)13-5-4-6-15(9-13)21(2,19)20/h4-9,11,16,18H,3,10H2,1-2H3. The van der Waals surface area contributed by atoms with E-state index in [1.165, 1.54) is 12.1 Å². The van der Waals surface area contributed by atoms with E-state index in [-0.39, 0.29) is 4.90 Å². The zero-order valence-electron chi connectivity index (χ0n) is 12.2. The van der Waals surface area contributed by atoms with Gasteiger partial charge in [0.2, 0.25) is 0 Å². The molecule has 0 saturated heterocycles. The number of pyridine rings is 1. The molecule has 2 aromatic rings. The molecule has 4 nitrogen and oxygen atoms in total. The average molecular weight is 305 g/mol. The zero-order chi connectivity index (χ0) is 15.5. The molecule has 112 valence electrons. The fourth-order valence-corrected chi connectivity index (χ4v) is 2.73. The second kappa shape index (κ2) is 6.37. The molecule has 5 heteroatoms. The van der Waals surface area contributed by atoms with E-state index < -0.39 is 15.9 Å². The van der Waals surface area contributed by atoms with Crippen molar-refractivity contribution in [2.45, 2.75) is 30.8 Å². The SMILES string of the molecule is CCc1ccc(CC(O)c2cccc(S(C)(=O)=O)c2)nc1. The normalized spacial score (nSPS) is 13.1. The lowest BCUT2D eigenvalue weighted by atomic mass is 10.0. The van der Waals surface area contributed by atoms with Crippen LogP contribution in [0.25, 0.3) is 0 Å². The second-order valence-electron chi connectivity index (χ2n) is 5.08. The molecular formula is C16H19NO3S. The Bertz CT molecular complexity index is 709. The molecule has 1 unspecified atom stereocenters. The number of rotatable bonds is 5. The maximum atomic E-state index is 11.5. The summed E-state index contributed by atoms with van der Waals surface area (Å²) in [5.74, 6) is 0. The van der Waals surface area contributed by atoms with E-state index in [1.54, 1.807) is 18.3 Å². The van der Waals surface area contributed by atoms with Crippen molar-refractivity contribution in [2.24, 2.45) is 0 Å². The largest absolute Gasteiger partial charge is 0.388 e. The van der Waals surface area contributed by atoms with Gasteiger partial charge >= 0.3 is 0 Å². The first-order valence-electron chi connectivity index (χ1n) is 6.82. The van der Waals surface area contributed by atoms with Crippen molar-refractivity contribution in [1.29, 1.82) is 0 Å². The van der Waals surface area contributed by atoms with E-state index in [0.29, 0.717) is 12.0 Å². The first-order chi connectivity index (χ1) is 9.90. The molecule has 0 aliphatic rings. The quantitative estimate of drug-likeness (QED) is 0.920. The van der Waals surface area contributed by atoms with Gasteiger partial charge in [0.15, 0.2) is 9.84 Å². The van der Waals surface area contributed by atoms with E-state index in [1.807, 2.05) is 12.1 Å². The molecule has 1 atom stereocenters. The number of aliphatic hydroxyl groups is 1. The molecule has 21 heavy (non-hydrogen) atoms. The van der Waals surface area contributed by atoms with Crippen molar-refractivity contribution in [2.75, 3.05) is 6.26 Å². The fraction of sp³-hybridized carbons (Fsp3) is 0.312. The summed E-state index contributed by atoms with van der Waals surface area (Å²) < 4.78 is 23.1. The Labute approximate surface area is 125 Å². The number of hydrogen-bond acceptors (Lipinski definition) is 4. The van der Waals surface area contributed by atoms with Crippen molar-refractivity contribution >= 4 is 9.84 Å². The molecule has 0 aliphatic heterocycles. The molecule has 2 rings (SSSR count). The van der Waals surface area contributed by atoms with Crippen LogP contribution in [0.4, 0.5) is 0 Å². The van der Waals surface area contributed by atoms with E-state index in [9.17, 15) is 13.5 Å². The first kappa shape index (κ1) is 15.7. The summed E-state index contributed by atoms with van der Waals surface area (Å²) in [7, 11) is -3.27. The summed E-state index contributed by atoms with van der Waals surface area (Å²) in [6, 6.07) is 10.3. The lowest BCUT2D eigenvalue weighted by molar-refractivity contribution is 0.177. The van der Waals surface area contributed by atoms with Gasteiger partial charge in [-0.15, -0.1) is 0 Å². The zero-order valence-corrected chi connectivity index (χ0v) is 13.0. The van der Waals surface area contributed by atoms with Crippen LogP contribution in [0.2, 0.25) is 0 Å². The van der Waals surface area contributed by atoms with Crippen LogP contribution < -0.4 is 0 Å². The average Bonchev–Trinajstić information content (AvgIpc) is 2.47. The highest BCUT2D eigenvalue weighted by molar-refractivity contribution is 7.90. The lowest BCUT2D eigenvalue weighted by Gasteiger charge is -2.12. The molecule has 0 aliphatic carbocycles. The van der Waals surface area contributed by atoms with Gasteiger partial charge in [0.1, 0.15) is 0 Å². The highest BCUT2D eigenvalue weighted by Gasteiger charge is 2.13. The Morgan fingerprint density at radius 2 is 2.00 bits per heavy atom. The highest BCUT2D eigenvalue weighted by atomic mass is 32.2. The van der Waals surface area contributed by atoms with Crippen LogP contribution in [-0.4, -0.2) is 24.8 Å². The maximum absolute atomic E-state index is 11.5. The Balaban J connectivity index is 2.18. The maximum Gasteiger partial charge on any atom is 0.175 e. The van der Waals surface area contributed by atoms with Gasteiger partial charge in [-0.25, -0.2) is 8.42 Å². The summed E-state index contributed by atoms with van der Waals surface area (Å²) in [4.78, 5) is 4.52. The third-order valence-electron chi connectivity index (χ3n) is 3.37. The van der Waals surface area contributed by atoms with Crippen molar-refractivity contribution < 1.29 is 13.5 Å². The van der Waals surface area contributed by atoms with Crippen LogP contribution in [0, 0.1) is 0 Å². The number of aryl methyl sites for hydroxylation is 1. The van der Waals surface area contributed by atoms with Gasteiger partial charge in [-0.1, -0.05) is 25.1 Å². The van der Waals surface area contributed by atoms with Gasteiger partial charge in [0.25, 0.3) is 0 Å². The minimum absolute atomic E-state index is 0.216. The van der Waals surface area contributed by atoms with E-state index in [0.717, 1.165) is 23.9 Å². The molecule has 0 saturated carbocycles. The molecule has 1 N–H and O–H groups in total. The molecular weight excluding hydrogens is 286 g/mol. The number of hydrogen-bond donors (Lipinski definition) is 1. The smallest absolute Gasteiger partial charge is 0.175 e. The molecule has 0 radical (unpaired) electrons. The van der Waals surface area contributed by atoms with Crippen molar-refractivity contribution in [3.63, 3.8) is 0 Å². The van der Waals surface area contributed by atoms with Crippen molar-refractivity contribution in [3.8, 4) is 0 Å². The van der Waals surface area contributed by atoms with Crippen LogP contribution >= 0.6 is 0 Å². The second-order valence-corrected chi connectivity index (χ2v) is 7.09. The van der Waals surface area contributed by atoms with Gasteiger partial charge in [0.05, 0.1) is 11.0 Å². The number of nitrogens with zero attached hydrogens (tertiary/aromatic N) is 1. The third-order valence-corrected chi connectivity index (χ3v) is 4.48. The van der Waals surface area contributed by atoms with Crippen LogP contribution in [-0.2, 0) is 22.7 Å². The molecule has 1 aromatic carbocycles. The Kier molecular flexibility index (Phi) is 4.75. The number of sulfone groups is 1. The van der Waals surface area contributed by atoms with Gasteiger partial charge in [-0.3, -0.25) is 4.98 Å². The van der Waals surface area contributed by atoms with Crippen LogP contribution in [0.5, 0.6) is 0 Å². The summed E-state index contributed by atoms with van der Waals surface area (Å²) in [6.07, 6.45) is 3.47. The highest BCUT2D eigenvalue weighted by Crippen LogP contribution is 2.20. The minimum Gasteiger partial charge on any atom is -0.388 e. The molecule has 0 bridgehead atoms. The topological polar surface area (TPSA) is 67.3 Å². The van der Waals surface area contributed by atoms with Gasteiger partial charge in [-0.2, -0.15) is 0 Å². The van der Waals surface area contributed by atoms with Gasteiger partial charge < -0.3 is 5.11 Å². The Morgan fingerprint density at radius 1 is 1.24 bits per heavy atom. The minimum atomic E-state index is -3.27. The van der Waals surface area contributed by atoms with Gasteiger partial charge in [0, 0.05) is 24.6 Å². The summed E-state index contributed by atoms with van der Waals surface area (Å²) in [6.45, 7) is 2.06. The lowest BCUT2D eigenvalue weighted by Crippen LogP contribution is -2.05. The number of aliphatic hydroxyl groups excluding tert-OH is 1. The van der Waals surface area contributed by atoms with Crippen molar-refractivity contribution in [1.82, 2.24) is 4.98 Å². The summed E-state index contributed by atoms with van der Waals surface area (Å²) >= 11 is 0. The molecule has 1 heterocycles. The van der Waals surface area contributed by atoms with Crippen LogP contribution in [0.3, 0.4) is 0 Å². The molecule has 0 spiro atoms. The molecule has 0 fully saturated rings. The first-order valence-corrected chi connectivity index (χ1v) is 8.71. The third kappa shape index (κ3) is 4.12. The predicted octanol–water partition coefficient (Wildman–Crippen LogP) is 2.32. The Morgan fingerprint density at radius 3 is 2.57 bits per heavy atom. The summed E-state index contributed by atoms with van der Waals surface area (Å²) in [5.41, 5.74) is 2.51. The fourth-order valence-electron chi connectivity index (χ4n) is 2.05. The predicted molar refractivity (Wildman–Crippen MR) is 81.8 cm³/mol. The molecule has 1 aromatic heterocycles. The van der Waals surface area contributed by atoms with Crippen molar-refractivity contribution in [3.05, 3.63) is 59.4 Å². The van der Waals surface area contributed by atoms with Crippen LogP contribution in [0.15, 0.2) is 47.5 Å². The number of benzene rings is 1. The van der Waals surface area contributed by atoms with E-state index in [2.05, 4.69) is 11.9 Å². The molecule has 0 amide bonds. The van der Waals surface area contributed by atoms with E-state index >= 15 is 0 Å². The number of aromatic nitrogens is 1. The monoisotopic (exact) mass is 305 g/mol. The van der Waals surface area contributed by atoms with E-state index in [4.69, 9.17) is 0 Å². The van der Waals surface area contributed by atoms with Gasteiger partial charge in [-0.05, 0) is 35.7 Å². The Hall–Kier alpha value is -1.72. The van der Waals surface area contributed by atoms with Crippen LogP contribution in [0.1, 0.15) is 29.8 Å².